The van der Waals surface area contributed by atoms with Crippen LogP contribution in [0.15, 0.2) is 6.20 Å². The van der Waals surface area contributed by atoms with Gasteiger partial charge in [-0.2, -0.15) is 5.26 Å². The summed E-state index contributed by atoms with van der Waals surface area (Å²) < 4.78 is 0.885. The van der Waals surface area contributed by atoms with Gasteiger partial charge in [0.15, 0.2) is 0 Å². The van der Waals surface area contributed by atoms with Gasteiger partial charge in [0, 0.05) is 6.20 Å². The maximum absolute atomic E-state index is 8.63. The molecule has 0 saturated heterocycles. The van der Waals surface area contributed by atoms with Crippen molar-refractivity contribution in [1.29, 1.82) is 5.26 Å². The highest BCUT2D eigenvalue weighted by molar-refractivity contribution is 14.1. The standard InChI is InChI=1S/C8H6ClIN2/c1-2-6-8(10)7(9)5(3-11)4-12-6/h4H,2H2,1H3. The molecule has 0 fully saturated rings. The van der Waals surface area contributed by atoms with Crippen molar-refractivity contribution in [3.05, 3.63) is 26.0 Å². The number of nitriles is 1. The van der Waals surface area contributed by atoms with E-state index in [2.05, 4.69) is 27.6 Å². The van der Waals surface area contributed by atoms with E-state index in [9.17, 15) is 0 Å². The number of aryl methyl sites for hydroxylation is 1. The molecule has 4 heteroatoms. The van der Waals surface area contributed by atoms with Crippen molar-refractivity contribution >= 4 is 34.2 Å². The molecule has 0 bridgehead atoms. The van der Waals surface area contributed by atoms with E-state index < -0.39 is 0 Å². The normalized spacial score (nSPS) is 9.50. The maximum Gasteiger partial charge on any atom is 0.102 e. The Balaban J connectivity index is 3.32. The molecule has 0 radical (unpaired) electrons. The number of halogens is 2. The zero-order valence-electron chi connectivity index (χ0n) is 6.43. The van der Waals surface area contributed by atoms with Gasteiger partial charge in [0.05, 0.1) is 19.9 Å². The van der Waals surface area contributed by atoms with E-state index in [1.165, 1.54) is 6.20 Å². The summed E-state index contributed by atoms with van der Waals surface area (Å²) in [5, 5.41) is 9.15. The SMILES string of the molecule is CCc1ncc(C#N)c(Cl)c1I. The van der Waals surface area contributed by atoms with Gasteiger partial charge >= 0.3 is 0 Å². The van der Waals surface area contributed by atoms with Gasteiger partial charge in [-0.3, -0.25) is 4.98 Å². The molecule has 0 spiro atoms. The molecule has 0 aromatic carbocycles. The first kappa shape index (κ1) is 9.75. The molecule has 0 aliphatic heterocycles. The zero-order valence-corrected chi connectivity index (χ0v) is 9.35. The molecule has 0 atom stereocenters. The summed E-state index contributed by atoms with van der Waals surface area (Å²) in [6, 6.07) is 1.99. The van der Waals surface area contributed by atoms with Crippen LogP contribution in [-0.4, -0.2) is 4.98 Å². The monoisotopic (exact) mass is 292 g/mol. The van der Waals surface area contributed by atoms with Crippen LogP contribution in [0.1, 0.15) is 18.2 Å². The van der Waals surface area contributed by atoms with Crippen LogP contribution in [0.3, 0.4) is 0 Å². The van der Waals surface area contributed by atoms with E-state index >= 15 is 0 Å². The Morgan fingerprint density at radius 1 is 1.75 bits per heavy atom. The van der Waals surface area contributed by atoms with E-state index in [0.29, 0.717) is 10.6 Å². The van der Waals surface area contributed by atoms with Crippen molar-refractivity contribution in [3.8, 4) is 6.07 Å². The lowest BCUT2D eigenvalue weighted by atomic mass is 10.2. The Labute approximate surface area is 89.7 Å². The lowest BCUT2D eigenvalue weighted by Gasteiger charge is -2.02. The highest BCUT2D eigenvalue weighted by Crippen LogP contribution is 2.24. The summed E-state index contributed by atoms with van der Waals surface area (Å²) in [4.78, 5) is 4.11. The fraction of sp³-hybridized carbons (Fsp3) is 0.250. The summed E-state index contributed by atoms with van der Waals surface area (Å²) in [6.07, 6.45) is 2.35. The lowest BCUT2D eigenvalue weighted by Crippen LogP contribution is -1.94. The van der Waals surface area contributed by atoms with Crippen molar-refractivity contribution in [2.75, 3.05) is 0 Å². The first-order chi connectivity index (χ1) is 5.70. The first-order valence-corrected chi connectivity index (χ1v) is 4.89. The van der Waals surface area contributed by atoms with Crippen molar-refractivity contribution in [3.63, 3.8) is 0 Å². The van der Waals surface area contributed by atoms with Crippen LogP contribution in [0.25, 0.3) is 0 Å². The fourth-order valence-electron chi connectivity index (χ4n) is 0.825. The Hall–Kier alpha value is -0.340. The third-order valence-corrected chi connectivity index (χ3v) is 3.36. The molecule has 1 heterocycles. The van der Waals surface area contributed by atoms with E-state index in [4.69, 9.17) is 16.9 Å². The van der Waals surface area contributed by atoms with Gasteiger partial charge in [0.25, 0.3) is 0 Å². The average Bonchev–Trinajstić information content (AvgIpc) is 2.10. The van der Waals surface area contributed by atoms with Crippen molar-refractivity contribution < 1.29 is 0 Å². The van der Waals surface area contributed by atoms with Gasteiger partial charge < -0.3 is 0 Å². The number of nitrogens with zero attached hydrogens (tertiary/aromatic N) is 2. The largest absolute Gasteiger partial charge is 0.259 e. The number of pyridine rings is 1. The van der Waals surface area contributed by atoms with E-state index in [1.807, 2.05) is 13.0 Å². The van der Waals surface area contributed by atoms with Crippen molar-refractivity contribution in [2.45, 2.75) is 13.3 Å². The molecule has 0 saturated carbocycles. The minimum absolute atomic E-state index is 0.443. The van der Waals surface area contributed by atoms with E-state index in [1.54, 1.807) is 0 Å². The Morgan fingerprint density at radius 3 is 2.92 bits per heavy atom. The van der Waals surface area contributed by atoms with Crippen LogP contribution < -0.4 is 0 Å². The van der Waals surface area contributed by atoms with Gasteiger partial charge in [0.1, 0.15) is 6.07 Å². The molecule has 0 N–H and O–H groups in total. The van der Waals surface area contributed by atoms with Gasteiger partial charge in [-0.25, -0.2) is 0 Å². The molecule has 0 amide bonds. The molecule has 2 nitrogen and oxygen atoms in total. The van der Waals surface area contributed by atoms with Crippen LogP contribution in [-0.2, 0) is 6.42 Å². The summed E-state index contributed by atoms with van der Waals surface area (Å²) in [7, 11) is 0. The predicted octanol–water partition coefficient (Wildman–Crippen LogP) is 2.77. The minimum atomic E-state index is 0.443. The quantitative estimate of drug-likeness (QED) is 0.746. The number of rotatable bonds is 1. The van der Waals surface area contributed by atoms with Crippen LogP contribution in [0.2, 0.25) is 5.02 Å². The second-order valence-corrected chi connectivity index (χ2v) is 3.67. The second-order valence-electron chi connectivity index (χ2n) is 2.21. The summed E-state index contributed by atoms with van der Waals surface area (Å²) >= 11 is 8.02. The predicted molar refractivity (Wildman–Crippen MR) is 56.1 cm³/mol. The smallest absolute Gasteiger partial charge is 0.102 e. The van der Waals surface area contributed by atoms with Crippen molar-refractivity contribution in [1.82, 2.24) is 4.98 Å². The molecule has 0 unspecified atom stereocenters. The molecule has 1 aromatic rings. The lowest BCUT2D eigenvalue weighted by molar-refractivity contribution is 1.02. The van der Waals surface area contributed by atoms with Crippen LogP contribution in [0.5, 0.6) is 0 Å². The van der Waals surface area contributed by atoms with Crippen LogP contribution in [0, 0.1) is 14.9 Å². The van der Waals surface area contributed by atoms with Gasteiger partial charge in [-0.1, -0.05) is 18.5 Å². The molecule has 0 aliphatic rings. The Bertz CT molecular complexity index is 344. The van der Waals surface area contributed by atoms with E-state index in [-0.39, 0.29) is 0 Å². The van der Waals surface area contributed by atoms with E-state index in [0.717, 1.165) is 15.7 Å². The molecular weight excluding hydrogens is 286 g/mol. The summed E-state index contributed by atoms with van der Waals surface area (Å²) in [5.74, 6) is 0. The molecule has 12 heavy (non-hydrogen) atoms. The number of hydrogen-bond donors (Lipinski definition) is 0. The van der Waals surface area contributed by atoms with Crippen LogP contribution >= 0.6 is 34.2 Å². The highest BCUT2D eigenvalue weighted by atomic mass is 127. The molecule has 62 valence electrons. The number of aromatic nitrogens is 1. The summed E-state index contributed by atoms with van der Waals surface area (Å²) in [6.45, 7) is 2.01. The minimum Gasteiger partial charge on any atom is -0.259 e. The molecule has 1 aromatic heterocycles. The topological polar surface area (TPSA) is 36.7 Å². The first-order valence-electron chi connectivity index (χ1n) is 3.43. The second kappa shape index (κ2) is 4.06. The third-order valence-electron chi connectivity index (χ3n) is 1.49. The van der Waals surface area contributed by atoms with Gasteiger partial charge in [0.2, 0.25) is 0 Å². The Kier molecular flexibility index (Phi) is 3.29. The van der Waals surface area contributed by atoms with Crippen LogP contribution in [0.4, 0.5) is 0 Å². The zero-order chi connectivity index (χ0) is 9.14. The molecular formula is C8H6ClIN2. The highest BCUT2D eigenvalue weighted by Gasteiger charge is 2.08. The number of hydrogen-bond acceptors (Lipinski definition) is 2. The molecule has 0 aliphatic carbocycles. The Morgan fingerprint density at radius 2 is 2.42 bits per heavy atom. The molecule has 1 rings (SSSR count). The van der Waals surface area contributed by atoms with Gasteiger partial charge in [-0.15, -0.1) is 0 Å². The summed E-state index contributed by atoms with van der Waals surface area (Å²) in [5.41, 5.74) is 1.39. The average molecular weight is 293 g/mol. The third kappa shape index (κ3) is 1.70. The maximum atomic E-state index is 8.63. The fourth-order valence-corrected chi connectivity index (χ4v) is 1.84. The van der Waals surface area contributed by atoms with Crippen molar-refractivity contribution in [2.24, 2.45) is 0 Å². The van der Waals surface area contributed by atoms with Gasteiger partial charge in [-0.05, 0) is 29.0 Å².